The molecule has 0 spiro atoms. The van der Waals surface area contributed by atoms with Gasteiger partial charge in [-0.25, -0.2) is 0 Å². The predicted octanol–water partition coefficient (Wildman–Crippen LogP) is 18.2. The van der Waals surface area contributed by atoms with Gasteiger partial charge in [-0.3, -0.25) is 14.7 Å². The SMILES string of the molecule is C1CCC2C(C1)SC1CCC3C4CCCCC4N(C4CCC(B(C5CCC(N6C7CCCCC7C7CCC8SC9CCCCC9C8C76)CC5)C5CCC(N6C7CCCCC7C7CCC8SC9CCCCC9C8C76)CC5)CC4)C3C12. The summed E-state index contributed by atoms with van der Waals surface area (Å²) in [5.74, 6) is 15.8. The van der Waals surface area contributed by atoms with Gasteiger partial charge >= 0.3 is 0 Å². The average Bonchev–Trinajstić information content (AvgIpc) is 4.53. The molecule has 6 saturated heterocycles. The molecule has 6 heterocycles. The average molecular weight is 1130 g/mol. The van der Waals surface area contributed by atoms with Gasteiger partial charge in [0.2, 0.25) is 0 Å². The summed E-state index contributed by atoms with van der Waals surface area (Å²) >= 11 is 7.69. The third-order valence-electron chi connectivity index (χ3n) is 31.2. The van der Waals surface area contributed by atoms with E-state index < -0.39 is 0 Å². The summed E-state index contributed by atoms with van der Waals surface area (Å²) in [5, 5.41) is 6.10. The van der Waals surface area contributed by atoms with Crippen molar-refractivity contribution in [2.24, 2.45) is 71.0 Å². The molecule has 18 aliphatic rings. The van der Waals surface area contributed by atoms with Crippen molar-refractivity contribution in [1.82, 2.24) is 14.7 Å². The van der Waals surface area contributed by atoms with E-state index in [0.717, 1.165) is 181 Å². The summed E-state index contributed by atoms with van der Waals surface area (Å²) in [5.41, 5.74) is 0. The van der Waals surface area contributed by atoms with Crippen LogP contribution in [0.15, 0.2) is 0 Å². The third kappa shape index (κ3) is 8.70. The summed E-state index contributed by atoms with van der Waals surface area (Å²) < 4.78 is 0. The maximum Gasteiger partial charge on any atom is 0.149 e. The molecule has 438 valence electrons. The van der Waals surface area contributed by atoms with Gasteiger partial charge in [-0.15, -0.1) is 0 Å². The number of hydrogen-bond acceptors (Lipinski definition) is 6. The number of rotatable bonds is 6. The molecule has 12 aliphatic carbocycles. The van der Waals surface area contributed by atoms with Gasteiger partial charge in [-0.2, -0.15) is 35.3 Å². The zero-order chi connectivity index (χ0) is 51.4. The minimum absolute atomic E-state index is 0.919. The first-order valence-electron chi connectivity index (χ1n) is 37.5. The van der Waals surface area contributed by atoms with Crippen molar-refractivity contribution in [3.05, 3.63) is 0 Å². The summed E-state index contributed by atoms with van der Waals surface area (Å²) in [6, 6.07) is 8.53. The molecule has 0 aromatic heterocycles. The normalized spacial score (nSPS) is 57.0. The smallest absolute Gasteiger partial charge is 0.149 e. The lowest BCUT2D eigenvalue weighted by Gasteiger charge is -2.52. The van der Waals surface area contributed by atoms with Crippen LogP contribution in [0.25, 0.3) is 0 Å². The quantitative estimate of drug-likeness (QED) is 0.244. The number of nitrogens with zero attached hydrogens (tertiary/aromatic N) is 3. The Balaban J connectivity index is 0.622. The van der Waals surface area contributed by atoms with Crippen LogP contribution in [0.4, 0.5) is 0 Å². The molecule has 18 fully saturated rings. The Morgan fingerprint density at radius 1 is 0.215 bits per heavy atom. The highest BCUT2D eigenvalue weighted by Crippen LogP contribution is 2.67. The van der Waals surface area contributed by atoms with Gasteiger partial charge in [0.1, 0.15) is 6.71 Å². The molecule has 0 amide bonds. The van der Waals surface area contributed by atoms with Gasteiger partial charge in [0.05, 0.1) is 0 Å². The van der Waals surface area contributed by atoms with Crippen LogP contribution in [0, 0.1) is 71.0 Å². The fourth-order valence-corrected chi connectivity index (χ4v) is 35.3. The lowest BCUT2D eigenvalue weighted by atomic mass is 9.23. The van der Waals surface area contributed by atoms with Gasteiger partial charge in [0.25, 0.3) is 0 Å². The summed E-state index contributed by atoms with van der Waals surface area (Å²) in [6.07, 6.45) is 66.2. The van der Waals surface area contributed by atoms with E-state index in [1.807, 2.05) is 0 Å². The Hall–Kier alpha value is 0.995. The molecular weight excluding hydrogens is 1010 g/mol. The standard InChI is InChI=1S/C72H114BN3S3/c1-7-19-58-49(13-1)52-37-40-64-67(55-16-4-10-22-61(55)77-64)70(52)74(58)46-31-25-43(26-32-46)73(44-27-33-47(34-28-44)75-59-20-8-2-14-50(59)53-38-41-65-68(71(53)75)56-17-5-11-23-62(56)78-65)45-29-35-48(36-30-45)76-60-21-9-3-15-51(60)54-39-42-66-69(72(54)76)57-18-6-12-24-63(57)79-66/h43-72H,1-42H2. The molecule has 24 atom stereocenters. The van der Waals surface area contributed by atoms with Crippen LogP contribution in [-0.2, 0) is 0 Å². The Labute approximate surface area is 497 Å². The number of likely N-dealkylation sites (tertiary alicyclic amines) is 3. The van der Waals surface area contributed by atoms with Gasteiger partial charge in [0.15, 0.2) is 0 Å². The molecule has 0 N–H and O–H groups in total. The van der Waals surface area contributed by atoms with Crippen LogP contribution in [0.5, 0.6) is 0 Å². The van der Waals surface area contributed by atoms with Crippen molar-refractivity contribution in [3.8, 4) is 0 Å². The van der Waals surface area contributed by atoms with Crippen LogP contribution in [0.2, 0.25) is 17.5 Å². The van der Waals surface area contributed by atoms with E-state index in [0.29, 0.717) is 0 Å². The first kappa shape index (κ1) is 53.1. The fraction of sp³-hybridized carbons (Fsp3) is 1.00. The van der Waals surface area contributed by atoms with Crippen molar-refractivity contribution in [1.29, 1.82) is 0 Å². The molecule has 0 radical (unpaired) electrons. The Morgan fingerprint density at radius 2 is 0.481 bits per heavy atom. The minimum atomic E-state index is 0.919. The Morgan fingerprint density at radius 3 is 0.785 bits per heavy atom. The van der Waals surface area contributed by atoms with Gasteiger partial charge in [-0.05, 0) is 225 Å². The molecule has 18 rings (SSSR count). The maximum atomic E-state index is 3.51. The Kier molecular flexibility index (Phi) is 14.7. The van der Waals surface area contributed by atoms with Crippen LogP contribution in [-0.4, -0.2) is 107 Å². The lowest BCUT2D eigenvalue weighted by molar-refractivity contribution is 0.0172. The van der Waals surface area contributed by atoms with Crippen LogP contribution >= 0.6 is 35.3 Å². The summed E-state index contributed by atoms with van der Waals surface area (Å²) in [4.78, 5) is 10.5. The predicted molar refractivity (Wildman–Crippen MR) is 338 cm³/mol. The molecule has 79 heavy (non-hydrogen) atoms. The highest BCUT2D eigenvalue weighted by atomic mass is 32.2. The molecule has 12 saturated carbocycles. The van der Waals surface area contributed by atoms with Crippen molar-refractivity contribution >= 4 is 42.0 Å². The van der Waals surface area contributed by atoms with E-state index in [2.05, 4.69) is 50.0 Å². The van der Waals surface area contributed by atoms with Crippen LogP contribution in [0.1, 0.15) is 270 Å². The van der Waals surface area contributed by atoms with E-state index in [4.69, 9.17) is 0 Å². The van der Waals surface area contributed by atoms with Gasteiger partial charge < -0.3 is 0 Å². The van der Waals surface area contributed by atoms with E-state index >= 15 is 0 Å². The number of hydrogen-bond donors (Lipinski definition) is 0. The molecule has 3 nitrogen and oxygen atoms in total. The monoisotopic (exact) mass is 1130 g/mol. The van der Waals surface area contributed by atoms with Crippen LogP contribution < -0.4 is 0 Å². The highest BCUT2D eigenvalue weighted by molar-refractivity contribution is 8.01. The Bertz CT molecular complexity index is 1900. The van der Waals surface area contributed by atoms with E-state index in [1.54, 1.807) is 231 Å². The summed E-state index contributed by atoms with van der Waals surface area (Å²) in [6.45, 7) is 1.04. The second-order valence-electron chi connectivity index (χ2n) is 33.6. The van der Waals surface area contributed by atoms with Crippen molar-refractivity contribution in [3.63, 3.8) is 0 Å². The second kappa shape index (κ2) is 21.9. The van der Waals surface area contributed by atoms with Gasteiger partial charge in [-0.1, -0.05) is 133 Å². The molecule has 0 bridgehead atoms. The minimum Gasteiger partial charge on any atom is -0.294 e. The van der Waals surface area contributed by atoms with Crippen molar-refractivity contribution in [2.75, 3.05) is 0 Å². The summed E-state index contributed by atoms with van der Waals surface area (Å²) in [7, 11) is 0. The van der Waals surface area contributed by atoms with E-state index in [1.165, 1.54) is 38.5 Å². The molecule has 24 unspecified atom stereocenters. The zero-order valence-electron chi connectivity index (χ0n) is 50.2. The van der Waals surface area contributed by atoms with Gasteiger partial charge in [0, 0.05) is 85.9 Å². The fourth-order valence-electron chi connectivity index (χ4n) is 29.0. The largest absolute Gasteiger partial charge is 0.294 e. The topological polar surface area (TPSA) is 9.72 Å². The molecular formula is C72H114BN3S3. The highest BCUT2D eigenvalue weighted by Gasteiger charge is 2.65. The first-order valence-corrected chi connectivity index (χ1v) is 40.3. The lowest BCUT2D eigenvalue weighted by Crippen LogP contribution is -2.55. The van der Waals surface area contributed by atoms with E-state index in [9.17, 15) is 0 Å². The molecule has 0 aromatic rings. The molecule has 0 aromatic carbocycles. The number of thioether (sulfide) groups is 3. The third-order valence-corrected chi connectivity index (χ3v) is 36.7. The molecule has 6 aliphatic heterocycles. The second-order valence-corrected chi connectivity index (χ2v) is 38.0. The maximum absolute atomic E-state index is 3.51. The van der Waals surface area contributed by atoms with Crippen molar-refractivity contribution in [2.45, 2.75) is 373 Å². The number of fused-ring (bicyclic) bond motifs is 21. The molecule has 7 heteroatoms. The zero-order valence-corrected chi connectivity index (χ0v) is 52.6. The van der Waals surface area contributed by atoms with Crippen LogP contribution in [0.3, 0.4) is 0 Å². The first-order chi connectivity index (χ1) is 39.2. The van der Waals surface area contributed by atoms with E-state index in [-0.39, 0.29) is 0 Å². The van der Waals surface area contributed by atoms with Crippen molar-refractivity contribution < 1.29 is 0 Å².